The van der Waals surface area contributed by atoms with Gasteiger partial charge in [0, 0.05) is 24.2 Å². The van der Waals surface area contributed by atoms with Crippen molar-refractivity contribution in [2.45, 2.75) is 6.43 Å². The molecule has 0 saturated heterocycles. The average molecular weight is 266 g/mol. The summed E-state index contributed by atoms with van der Waals surface area (Å²) in [4.78, 5) is 3.97. The lowest BCUT2D eigenvalue weighted by Gasteiger charge is -2.19. The van der Waals surface area contributed by atoms with Gasteiger partial charge in [0.2, 0.25) is 0 Å². The van der Waals surface area contributed by atoms with Gasteiger partial charge in [0.1, 0.15) is 18.9 Å². The van der Waals surface area contributed by atoms with Crippen LogP contribution in [0.5, 0.6) is 11.5 Å². The number of hydrogen-bond donors (Lipinski definition) is 1. The zero-order chi connectivity index (χ0) is 13.4. The number of rotatable bonds is 2. The fourth-order valence-corrected chi connectivity index (χ4v) is 2.10. The molecule has 0 aliphatic carbocycles. The summed E-state index contributed by atoms with van der Waals surface area (Å²) in [6.07, 6.45) is -2.61. The maximum absolute atomic E-state index is 12.8. The molecule has 0 unspecified atom stereocenters. The minimum absolute atomic E-state index is 0.256. The molecule has 1 aromatic carbocycles. The third-order valence-electron chi connectivity index (χ3n) is 2.99. The lowest BCUT2D eigenvalue weighted by Crippen LogP contribution is -2.15. The first kappa shape index (κ1) is 12.0. The number of nitrogens with zero attached hydrogens (tertiary/aromatic N) is 1. The van der Waals surface area contributed by atoms with Gasteiger partial charge in [-0.25, -0.2) is 13.8 Å². The molecule has 19 heavy (non-hydrogen) atoms. The van der Waals surface area contributed by atoms with Crippen molar-refractivity contribution in [3.8, 4) is 11.5 Å². The Labute approximate surface area is 108 Å². The van der Waals surface area contributed by atoms with E-state index in [1.165, 1.54) is 6.07 Å². The molecule has 1 aromatic heterocycles. The number of alkyl halides is 2. The van der Waals surface area contributed by atoms with Crippen LogP contribution in [0.1, 0.15) is 12.1 Å². The van der Waals surface area contributed by atoms with Crippen LogP contribution in [-0.4, -0.2) is 25.2 Å². The zero-order valence-electron chi connectivity index (χ0n) is 10.2. The van der Waals surface area contributed by atoms with Gasteiger partial charge in [0.05, 0.1) is 5.52 Å². The molecule has 6 heteroatoms. The predicted molar refractivity (Wildman–Crippen MR) is 67.2 cm³/mol. The van der Waals surface area contributed by atoms with E-state index in [9.17, 15) is 8.78 Å². The Morgan fingerprint density at radius 2 is 1.84 bits per heavy atom. The standard InChI is InChI=1S/C13H12F2N2O2/c1-16-8-5-10(13(14)15)17-9-6-12-11(4-7(8)9)18-2-3-19-12/h4-6,13H,2-3H2,1H3,(H,16,17). The van der Waals surface area contributed by atoms with Crippen LogP contribution in [0.15, 0.2) is 18.2 Å². The fourth-order valence-electron chi connectivity index (χ4n) is 2.10. The highest BCUT2D eigenvalue weighted by molar-refractivity contribution is 5.94. The first-order valence-electron chi connectivity index (χ1n) is 5.89. The normalized spacial score (nSPS) is 13.9. The highest BCUT2D eigenvalue weighted by Crippen LogP contribution is 2.37. The topological polar surface area (TPSA) is 43.4 Å². The van der Waals surface area contributed by atoms with Crippen LogP contribution in [0.3, 0.4) is 0 Å². The van der Waals surface area contributed by atoms with Crippen LogP contribution in [0.25, 0.3) is 10.9 Å². The van der Waals surface area contributed by atoms with E-state index < -0.39 is 6.43 Å². The largest absolute Gasteiger partial charge is 0.486 e. The third-order valence-corrected chi connectivity index (χ3v) is 2.99. The predicted octanol–water partition coefficient (Wildman–Crippen LogP) is 2.99. The highest BCUT2D eigenvalue weighted by atomic mass is 19.3. The Kier molecular flexibility index (Phi) is 2.85. The van der Waals surface area contributed by atoms with Crippen LogP contribution in [0.2, 0.25) is 0 Å². The van der Waals surface area contributed by atoms with Crippen molar-refractivity contribution in [2.75, 3.05) is 25.6 Å². The Hall–Kier alpha value is -2.11. The molecular formula is C13H12F2N2O2. The molecule has 0 amide bonds. The number of halogens is 2. The number of aromatic nitrogens is 1. The summed E-state index contributed by atoms with van der Waals surface area (Å²) < 4.78 is 36.5. The van der Waals surface area contributed by atoms with Crippen molar-refractivity contribution >= 4 is 16.6 Å². The second-order valence-electron chi connectivity index (χ2n) is 4.16. The number of nitrogens with one attached hydrogen (secondary N) is 1. The lowest BCUT2D eigenvalue weighted by molar-refractivity contribution is 0.146. The number of anilines is 1. The van der Waals surface area contributed by atoms with Gasteiger partial charge in [-0.2, -0.15) is 0 Å². The van der Waals surface area contributed by atoms with E-state index >= 15 is 0 Å². The first-order valence-corrected chi connectivity index (χ1v) is 5.89. The van der Waals surface area contributed by atoms with Gasteiger partial charge in [-0.3, -0.25) is 0 Å². The molecule has 0 bridgehead atoms. The molecule has 1 aliphatic heterocycles. The van der Waals surface area contributed by atoms with Crippen LogP contribution in [0, 0.1) is 0 Å². The van der Waals surface area contributed by atoms with Crippen molar-refractivity contribution in [1.29, 1.82) is 0 Å². The summed E-state index contributed by atoms with van der Waals surface area (Å²) in [6.45, 7) is 0.932. The fraction of sp³-hybridized carbons (Fsp3) is 0.308. The first-order chi connectivity index (χ1) is 9.19. The van der Waals surface area contributed by atoms with Crippen molar-refractivity contribution in [2.24, 2.45) is 0 Å². The molecule has 0 fully saturated rings. The van der Waals surface area contributed by atoms with Crippen LogP contribution in [-0.2, 0) is 0 Å². The minimum atomic E-state index is -2.61. The Morgan fingerprint density at radius 1 is 1.16 bits per heavy atom. The van der Waals surface area contributed by atoms with Crippen LogP contribution < -0.4 is 14.8 Å². The molecule has 2 heterocycles. The molecule has 0 atom stereocenters. The van der Waals surface area contributed by atoms with Crippen LogP contribution >= 0.6 is 0 Å². The van der Waals surface area contributed by atoms with Gasteiger partial charge in [-0.1, -0.05) is 0 Å². The van der Waals surface area contributed by atoms with E-state index in [2.05, 4.69) is 10.3 Å². The monoisotopic (exact) mass is 266 g/mol. The van der Waals surface area contributed by atoms with E-state index in [1.54, 1.807) is 19.2 Å². The molecule has 0 radical (unpaired) electrons. The summed E-state index contributed by atoms with van der Waals surface area (Å²) >= 11 is 0. The minimum Gasteiger partial charge on any atom is -0.486 e. The summed E-state index contributed by atoms with van der Waals surface area (Å²) in [5.74, 6) is 1.15. The molecular weight excluding hydrogens is 254 g/mol. The molecule has 0 saturated carbocycles. The molecule has 3 rings (SSSR count). The van der Waals surface area contributed by atoms with Crippen molar-refractivity contribution in [3.05, 3.63) is 23.9 Å². The number of benzene rings is 1. The molecule has 1 aliphatic rings. The second-order valence-corrected chi connectivity index (χ2v) is 4.16. The van der Waals surface area contributed by atoms with E-state index in [0.29, 0.717) is 35.9 Å². The molecule has 100 valence electrons. The second kappa shape index (κ2) is 4.53. The van der Waals surface area contributed by atoms with Crippen molar-refractivity contribution in [3.63, 3.8) is 0 Å². The summed E-state index contributed by atoms with van der Waals surface area (Å²) in [7, 11) is 1.68. The Bertz CT molecular complexity index is 632. The van der Waals surface area contributed by atoms with Gasteiger partial charge in [0.25, 0.3) is 6.43 Å². The maximum Gasteiger partial charge on any atom is 0.280 e. The van der Waals surface area contributed by atoms with E-state index in [4.69, 9.17) is 9.47 Å². The lowest BCUT2D eigenvalue weighted by atomic mass is 10.1. The summed E-state index contributed by atoms with van der Waals surface area (Å²) in [6, 6.07) is 4.75. The van der Waals surface area contributed by atoms with E-state index in [-0.39, 0.29) is 5.69 Å². The van der Waals surface area contributed by atoms with Gasteiger partial charge in [0.15, 0.2) is 11.5 Å². The maximum atomic E-state index is 12.8. The van der Waals surface area contributed by atoms with Gasteiger partial charge in [-0.05, 0) is 12.1 Å². The Morgan fingerprint density at radius 3 is 2.47 bits per heavy atom. The summed E-state index contributed by atoms with van der Waals surface area (Å²) in [5.41, 5.74) is 0.803. The number of ether oxygens (including phenoxy) is 2. The zero-order valence-corrected chi connectivity index (χ0v) is 10.2. The van der Waals surface area contributed by atoms with Gasteiger partial charge < -0.3 is 14.8 Å². The quantitative estimate of drug-likeness (QED) is 0.907. The highest BCUT2D eigenvalue weighted by Gasteiger charge is 2.17. The number of hydrogen-bond acceptors (Lipinski definition) is 4. The smallest absolute Gasteiger partial charge is 0.280 e. The Balaban J connectivity index is 2.25. The molecule has 0 spiro atoms. The number of pyridine rings is 1. The molecule has 4 nitrogen and oxygen atoms in total. The third kappa shape index (κ3) is 2.03. The SMILES string of the molecule is CNc1cc(C(F)F)nc2cc3c(cc12)OCCO3. The van der Waals surface area contributed by atoms with Crippen molar-refractivity contribution < 1.29 is 18.3 Å². The van der Waals surface area contributed by atoms with Crippen molar-refractivity contribution in [1.82, 2.24) is 4.98 Å². The average Bonchev–Trinajstić information content (AvgIpc) is 2.43. The van der Waals surface area contributed by atoms with Gasteiger partial charge >= 0.3 is 0 Å². The van der Waals surface area contributed by atoms with Crippen LogP contribution in [0.4, 0.5) is 14.5 Å². The summed E-state index contributed by atoms with van der Waals surface area (Å²) in [5, 5.41) is 3.63. The van der Waals surface area contributed by atoms with E-state index in [0.717, 1.165) is 5.39 Å². The molecule has 2 aromatic rings. The van der Waals surface area contributed by atoms with Gasteiger partial charge in [-0.15, -0.1) is 0 Å². The number of fused-ring (bicyclic) bond motifs is 2. The molecule has 1 N–H and O–H groups in total. The van der Waals surface area contributed by atoms with E-state index in [1.807, 2.05) is 0 Å².